The van der Waals surface area contributed by atoms with Gasteiger partial charge in [0.25, 0.3) is 0 Å². The molecule has 0 bridgehead atoms. The number of rotatable bonds is 3. The third-order valence-electron chi connectivity index (χ3n) is 2.80. The van der Waals surface area contributed by atoms with E-state index in [0.717, 1.165) is 19.1 Å². The average molecular weight is 171 g/mol. The molecule has 0 amide bonds. The van der Waals surface area contributed by atoms with Crippen LogP contribution >= 0.6 is 0 Å². The van der Waals surface area contributed by atoms with Gasteiger partial charge in [0, 0.05) is 19.3 Å². The van der Waals surface area contributed by atoms with E-state index in [2.05, 4.69) is 13.8 Å². The van der Waals surface area contributed by atoms with Crippen molar-refractivity contribution in [3.05, 3.63) is 0 Å². The molecule has 1 fully saturated rings. The van der Waals surface area contributed by atoms with Crippen LogP contribution in [0.1, 0.15) is 33.1 Å². The zero-order valence-electron chi connectivity index (χ0n) is 8.25. The second-order valence-electron chi connectivity index (χ2n) is 4.20. The molecule has 2 N–H and O–H groups in total. The van der Waals surface area contributed by atoms with E-state index in [1.54, 1.807) is 0 Å². The lowest BCUT2D eigenvalue weighted by Gasteiger charge is -2.26. The van der Waals surface area contributed by atoms with Crippen LogP contribution in [0.5, 0.6) is 0 Å². The predicted octanol–water partition coefficient (Wildman–Crippen LogP) is 1.79. The molecule has 1 unspecified atom stereocenters. The largest absolute Gasteiger partial charge is 0.381 e. The SMILES string of the molecule is CC(C)C(N)CC1CCOCC1. The van der Waals surface area contributed by atoms with Gasteiger partial charge in [0.15, 0.2) is 0 Å². The molecule has 1 aliphatic rings. The summed E-state index contributed by atoms with van der Waals surface area (Å²) >= 11 is 0. The molecule has 0 aromatic rings. The molecule has 1 aliphatic heterocycles. The summed E-state index contributed by atoms with van der Waals surface area (Å²) in [6, 6.07) is 0.382. The fourth-order valence-corrected chi connectivity index (χ4v) is 1.64. The van der Waals surface area contributed by atoms with Gasteiger partial charge >= 0.3 is 0 Å². The maximum absolute atomic E-state index is 6.01. The van der Waals surface area contributed by atoms with Gasteiger partial charge in [0.1, 0.15) is 0 Å². The third-order valence-corrected chi connectivity index (χ3v) is 2.80. The fourth-order valence-electron chi connectivity index (χ4n) is 1.64. The number of hydrogen-bond acceptors (Lipinski definition) is 2. The Bertz CT molecular complexity index is 119. The Kier molecular flexibility index (Phi) is 4.02. The molecule has 1 saturated heterocycles. The van der Waals surface area contributed by atoms with E-state index in [1.165, 1.54) is 19.3 Å². The van der Waals surface area contributed by atoms with Crippen molar-refractivity contribution in [3.63, 3.8) is 0 Å². The standard InChI is InChI=1S/C10H21NO/c1-8(2)10(11)7-9-3-5-12-6-4-9/h8-10H,3-7,11H2,1-2H3. The summed E-state index contributed by atoms with van der Waals surface area (Å²) in [7, 11) is 0. The highest BCUT2D eigenvalue weighted by Crippen LogP contribution is 2.21. The molecule has 72 valence electrons. The second kappa shape index (κ2) is 4.83. The molecule has 1 rings (SSSR count). The number of hydrogen-bond donors (Lipinski definition) is 1. The van der Waals surface area contributed by atoms with E-state index in [9.17, 15) is 0 Å². The van der Waals surface area contributed by atoms with Crippen LogP contribution in [0.3, 0.4) is 0 Å². The average Bonchev–Trinajstić information content (AvgIpc) is 2.06. The molecule has 0 aliphatic carbocycles. The molecule has 0 radical (unpaired) electrons. The Morgan fingerprint density at radius 1 is 1.33 bits per heavy atom. The van der Waals surface area contributed by atoms with Crippen LogP contribution in [0.25, 0.3) is 0 Å². The quantitative estimate of drug-likeness (QED) is 0.702. The highest BCUT2D eigenvalue weighted by Gasteiger charge is 2.18. The summed E-state index contributed by atoms with van der Waals surface area (Å²) in [5.74, 6) is 1.43. The molecule has 2 heteroatoms. The molecule has 1 heterocycles. The first-order valence-corrected chi connectivity index (χ1v) is 5.03. The van der Waals surface area contributed by atoms with Crippen LogP contribution in [-0.2, 0) is 4.74 Å². The normalized spacial score (nSPS) is 23.0. The van der Waals surface area contributed by atoms with E-state index < -0.39 is 0 Å². The molecule has 12 heavy (non-hydrogen) atoms. The van der Waals surface area contributed by atoms with Gasteiger partial charge in [-0.05, 0) is 31.1 Å². The summed E-state index contributed by atoms with van der Waals surface area (Å²) in [5, 5.41) is 0. The molecule has 1 atom stereocenters. The zero-order chi connectivity index (χ0) is 8.97. The Balaban J connectivity index is 2.20. The van der Waals surface area contributed by atoms with E-state index >= 15 is 0 Å². The van der Waals surface area contributed by atoms with Crippen molar-refractivity contribution in [1.29, 1.82) is 0 Å². The van der Waals surface area contributed by atoms with Crippen molar-refractivity contribution >= 4 is 0 Å². The van der Waals surface area contributed by atoms with Crippen LogP contribution in [0, 0.1) is 11.8 Å². The summed E-state index contributed by atoms with van der Waals surface area (Å²) in [5.41, 5.74) is 6.01. The van der Waals surface area contributed by atoms with E-state index in [4.69, 9.17) is 10.5 Å². The minimum Gasteiger partial charge on any atom is -0.381 e. The van der Waals surface area contributed by atoms with Crippen molar-refractivity contribution < 1.29 is 4.74 Å². The van der Waals surface area contributed by atoms with Gasteiger partial charge < -0.3 is 10.5 Å². The maximum Gasteiger partial charge on any atom is 0.0468 e. The summed E-state index contributed by atoms with van der Waals surface area (Å²) in [6.07, 6.45) is 3.60. The topological polar surface area (TPSA) is 35.2 Å². The van der Waals surface area contributed by atoms with Crippen molar-refractivity contribution in [2.24, 2.45) is 17.6 Å². The first-order chi connectivity index (χ1) is 5.70. The lowest BCUT2D eigenvalue weighted by atomic mass is 9.88. The lowest BCUT2D eigenvalue weighted by molar-refractivity contribution is 0.0604. The lowest BCUT2D eigenvalue weighted by Crippen LogP contribution is -2.31. The van der Waals surface area contributed by atoms with E-state index in [0.29, 0.717) is 12.0 Å². The smallest absolute Gasteiger partial charge is 0.0468 e. The van der Waals surface area contributed by atoms with Crippen LogP contribution < -0.4 is 5.73 Å². The molecular formula is C10H21NO. The van der Waals surface area contributed by atoms with Gasteiger partial charge in [0.05, 0.1) is 0 Å². The second-order valence-corrected chi connectivity index (χ2v) is 4.20. The monoisotopic (exact) mass is 171 g/mol. The number of nitrogens with two attached hydrogens (primary N) is 1. The van der Waals surface area contributed by atoms with Gasteiger partial charge in [-0.1, -0.05) is 13.8 Å². The van der Waals surface area contributed by atoms with Crippen molar-refractivity contribution in [2.45, 2.75) is 39.2 Å². The molecule has 0 spiro atoms. The molecule has 2 nitrogen and oxygen atoms in total. The third kappa shape index (κ3) is 3.11. The summed E-state index contributed by atoms with van der Waals surface area (Å²) in [6.45, 7) is 6.28. The first-order valence-electron chi connectivity index (χ1n) is 5.03. The van der Waals surface area contributed by atoms with Crippen molar-refractivity contribution in [1.82, 2.24) is 0 Å². The highest BCUT2D eigenvalue weighted by atomic mass is 16.5. The maximum atomic E-state index is 6.01. The van der Waals surface area contributed by atoms with Gasteiger partial charge in [-0.25, -0.2) is 0 Å². The highest BCUT2D eigenvalue weighted by molar-refractivity contribution is 4.72. The Morgan fingerprint density at radius 3 is 2.42 bits per heavy atom. The Morgan fingerprint density at radius 2 is 1.92 bits per heavy atom. The van der Waals surface area contributed by atoms with Crippen molar-refractivity contribution in [2.75, 3.05) is 13.2 Å². The predicted molar refractivity (Wildman–Crippen MR) is 51.0 cm³/mol. The van der Waals surface area contributed by atoms with Gasteiger partial charge in [-0.15, -0.1) is 0 Å². The van der Waals surface area contributed by atoms with Crippen molar-refractivity contribution in [3.8, 4) is 0 Å². The fraction of sp³-hybridized carbons (Fsp3) is 1.00. The summed E-state index contributed by atoms with van der Waals surface area (Å²) < 4.78 is 5.30. The van der Waals surface area contributed by atoms with Crippen LogP contribution in [0.2, 0.25) is 0 Å². The Hall–Kier alpha value is -0.0800. The van der Waals surface area contributed by atoms with Gasteiger partial charge in [-0.2, -0.15) is 0 Å². The van der Waals surface area contributed by atoms with Crippen LogP contribution in [-0.4, -0.2) is 19.3 Å². The zero-order valence-corrected chi connectivity index (χ0v) is 8.25. The van der Waals surface area contributed by atoms with Crippen LogP contribution in [0.15, 0.2) is 0 Å². The molecule has 0 aromatic heterocycles. The number of ether oxygens (including phenoxy) is 1. The summed E-state index contributed by atoms with van der Waals surface area (Å²) in [4.78, 5) is 0. The first kappa shape index (κ1) is 10.0. The minimum absolute atomic E-state index is 0.382. The van der Waals surface area contributed by atoms with E-state index in [-0.39, 0.29) is 0 Å². The molecule has 0 saturated carbocycles. The molecular weight excluding hydrogens is 150 g/mol. The van der Waals surface area contributed by atoms with Gasteiger partial charge in [0.2, 0.25) is 0 Å². The molecule has 0 aromatic carbocycles. The van der Waals surface area contributed by atoms with E-state index in [1.807, 2.05) is 0 Å². The Labute approximate surface area is 75.5 Å². The van der Waals surface area contributed by atoms with Gasteiger partial charge in [-0.3, -0.25) is 0 Å². The van der Waals surface area contributed by atoms with Crippen LogP contribution in [0.4, 0.5) is 0 Å². The minimum atomic E-state index is 0.382.